The molecule has 0 aliphatic carbocycles. The zero-order valence-electron chi connectivity index (χ0n) is 15.7. The van der Waals surface area contributed by atoms with Gasteiger partial charge in [0, 0.05) is 37.3 Å². The van der Waals surface area contributed by atoms with E-state index in [-0.39, 0.29) is 11.8 Å². The van der Waals surface area contributed by atoms with E-state index in [0.29, 0.717) is 48.5 Å². The monoisotopic (exact) mass is 388 g/mol. The summed E-state index contributed by atoms with van der Waals surface area (Å²) in [4.78, 5) is 27.1. The normalized spacial score (nSPS) is 14.2. The molecule has 6 nitrogen and oxygen atoms in total. The molecular formula is C20H25ClN4O2. The molecule has 0 spiro atoms. The highest BCUT2D eigenvalue weighted by Gasteiger charge is 2.26. The third-order valence-corrected chi connectivity index (χ3v) is 4.86. The van der Waals surface area contributed by atoms with Crippen LogP contribution in [0.25, 0.3) is 0 Å². The van der Waals surface area contributed by atoms with Crippen molar-refractivity contribution in [3.05, 3.63) is 52.3 Å². The van der Waals surface area contributed by atoms with Crippen LogP contribution in [0.3, 0.4) is 0 Å². The molecule has 1 aromatic carbocycles. The van der Waals surface area contributed by atoms with Crippen LogP contribution in [-0.2, 0) is 13.1 Å². The average molecular weight is 389 g/mol. The summed E-state index contributed by atoms with van der Waals surface area (Å²) in [6.07, 6.45) is 1.70. The lowest BCUT2D eigenvalue weighted by atomic mass is 10.1. The van der Waals surface area contributed by atoms with Crippen LogP contribution >= 0.6 is 11.6 Å². The van der Waals surface area contributed by atoms with E-state index in [0.717, 1.165) is 18.4 Å². The molecule has 1 aliphatic heterocycles. The van der Waals surface area contributed by atoms with E-state index in [1.54, 1.807) is 15.6 Å². The largest absolute Gasteiger partial charge is 0.351 e. The molecule has 1 aromatic heterocycles. The van der Waals surface area contributed by atoms with Gasteiger partial charge in [0.05, 0.1) is 0 Å². The Morgan fingerprint density at radius 3 is 2.70 bits per heavy atom. The summed E-state index contributed by atoms with van der Waals surface area (Å²) in [6.45, 7) is 6.61. The molecule has 1 aliphatic rings. The van der Waals surface area contributed by atoms with Crippen molar-refractivity contribution < 1.29 is 9.59 Å². The molecule has 2 amide bonds. The molecule has 0 saturated heterocycles. The Kier molecular flexibility index (Phi) is 6.16. The van der Waals surface area contributed by atoms with Gasteiger partial charge in [-0.15, -0.1) is 0 Å². The minimum atomic E-state index is -0.228. The van der Waals surface area contributed by atoms with E-state index in [1.807, 2.05) is 24.3 Å². The van der Waals surface area contributed by atoms with E-state index < -0.39 is 0 Å². The Morgan fingerprint density at radius 1 is 1.26 bits per heavy atom. The van der Waals surface area contributed by atoms with Gasteiger partial charge >= 0.3 is 0 Å². The van der Waals surface area contributed by atoms with Gasteiger partial charge in [-0.1, -0.05) is 37.6 Å². The van der Waals surface area contributed by atoms with Crippen molar-refractivity contribution in [3.8, 4) is 0 Å². The Morgan fingerprint density at radius 2 is 2.00 bits per heavy atom. The number of hydrogen-bond acceptors (Lipinski definition) is 3. The van der Waals surface area contributed by atoms with E-state index in [9.17, 15) is 9.59 Å². The van der Waals surface area contributed by atoms with E-state index in [1.165, 1.54) is 0 Å². The van der Waals surface area contributed by atoms with Gasteiger partial charge in [-0.2, -0.15) is 5.10 Å². The fourth-order valence-corrected chi connectivity index (χ4v) is 3.20. The number of nitrogens with one attached hydrogen (secondary N) is 1. The third-order valence-electron chi connectivity index (χ3n) is 4.61. The van der Waals surface area contributed by atoms with Gasteiger partial charge in [0.15, 0.2) is 5.69 Å². The molecule has 27 heavy (non-hydrogen) atoms. The van der Waals surface area contributed by atoms with Gasteiger partial charge in [-0.25, -0.2) is 0 Å². The molecule has 0 saturated carbocycles. The minimum Gasteiger partial charge on any atom is -0.351 e. The number of rotatable bonds is 6. The van der Waals surface area contributed by atoms with Crippen molar-refractivity contribution in [2.45, 2.75) is 39.8 Å². The molecule has 2 aromatic rings. The van der Waals surface area contributed by atoms with Crippen LogP contribution in [0.2, 0.25) is 5.02 Å². The van der Waals surface area contributed by atoms with Gasteiger partial charge in [0.2, 0.25) is 0 Å². The number of hydrogen-bond donors (Lipinski definition) is 1. The number of nitrogens with zero attached hydrogens (tertiary/aromatic N) is 3. The van der Waals surface area contributed by atoms with Gasteiger partial charge < -0.3 is 10.2 Å². The maximum atomic E-state index is 13.0. The van der Waals surface area contributed by atoms with Crippen molar-refractivity contribution in [2.75, 3.05) is 13.1 Å². The lowest BCUT2D eigenvalue weighted by Gasteiger charge is -2.20. The summed E-state index contributed by atoms with van der Waals surface area (Å²) in [7, 11) is 0. The predicted molar refractivity (Wildman–Crippen MR) is 105 cm³/mol. The van der Waals surface area contributed by atoms with E-state index >= 15 is 0 Å². The van der Waals surface area contributed by atoms with Crippen molar-refractivity contribution in [3.63, 3.8) is 0 Å². The molecule has 0 radical (unpaired) electrons. The first-order valence-electron chi connectivity index (χ1n) is 9.34. The zero-order valence-corrected chi connectivity index (χ0v) is 16.5. The van der Waals surface area contributed by atoms with Crippen molar-refractivity contribution in [2.24, 2.45) is 5.92 Å². The highest BCUT2D eigenvalue weighted by molar-refractivity contribution is 6.30. The zero-order chi connectivity index (χ0) is 19.4. The number of fused-ring (bicyclic) bond motifs is 1. The average Bonchev–Trinajstić information content (AvgIpc) is 3.00. The number of amides is 2. The summed E-state index contributed by atoms with van der Waals surface area (Å²) < 4.78 is 1.65. The maximum absolute atomic E-state index is 13.0. The number of carbonyl (C=O) groups excluding carboxylic acids is 2. The molecule has 1 N–H and O–H groups in total. The third kappa shape index (κ3) is 4.89. The highest BCUT2D eigenvalue weighted by Crippen LogP contribution is 2.18. The van der Waals surface area contributed by atoms with Crippen molar-refractivity contribution >= 4 is 23.4 Å². The quantitative estimate of drug-likeness (QED) is 0.825. The predicted octanol–water partition coefficient (Wildman–Crippen LogP) is 3.36. The maximum Gasteiger partial charge on any atom is 0.272 e. The van der Waals surface area contributed by atoms with Crippen molar-refractivity contribution in [1.82, 2.24) is 20.0 Å². The molecule has 0 fully saturated rings. The van der Waals surface area contributed by atoms with Gasteiger partial charge in [0.25, 0.3) is 11.8 Å². The van der Waals surface area contributed by atoms with Crippen molar-refractivity contribution in [1.29, 1.82) is 0 Å². The summed E-state index contributed by atoms with van der Waals surface area (Å²) >= 11 is 5.93. The van der Waals surface area contributed by atoms with Crippen LogP contribution in [-0.4, -0.2) is 39.6 Å². The smallest absolute Gasteiger partial charge is 0.272 e. The molecule has 0 bridgehead atoms. The van der Waals surface area contributed by atoms with Crippen LogP contribution in [0.1, 0.15) is 53.2 Å². The molecular weight excluding hydrogens is 364 g/mol. The van der Waals surface area contributed by atoms with Crippen LogP contribution in [0.15, 0.2) is 30.3 Å². The molecule has 0 atom stereocenters. The summed E-state index contributed by atoms with van der Waals surface area (Å²) in [5.41, 5.74) is 1.79. The standard InChI is InChI=1S/C20H25ClN4O2/c1-14(2)8-9-22-19(26)17-12-18-20(27)24(10-3-11-25(18)23-17)13-15-4-6-16(21)7-5-15/h4-7,12,14H,3,8-11,13H2,1-2H3,(H,22,26). The fourth-order valence-electron chi connectivity index (χ4n) is 3.07. The van der Waals surface area contributed by atoms with Gasteiger partial charge in [0.1, 0.15) is 5.69 Å². The number of benzene rings is 1. The first-order valence-corrected chi connectivity index (χ1v) is 9.71. The topological polar surface area (TPSA) is 67.2 Å². The Hall–Kier alpha value is -2.34. The molecule has 2 heterocycles. The number of halogens is 1. The Bertz CT molecular complexity index is 814. The Labute approximate surface area is 164 Å². The van der Waals surface area contributed by atoms with E-state index in [2.05, 4.69) is 24.3 Å². The lowest BCUT2D eigenvalue weighted by molar-refractivity contribution is 0.0745. The summed E-state index contributed by atoms with van der Waals surface area (Å²) in [5.74, 6) is 0.191. The minimum absolute atomic E-state index is 0.101. The first kappa shape index (κ1) is 19.4. The van der Waals surface area contributed by atoms with Crippen LogP contribution < -0.4 is 5.32 Å². The van der Waals surface area contributed by atoms with Gasteiger partial charge in [-0.3, -0.25) is 14.3 Å². The van der Waals surface area contributed by atoms with Crippen LogP contribution in [0.5, 0.6) is 0 Å². The molecule has 0 unspecified atom stereocenters. The number of aromatic nitrogens is 2. The molecule has 144 valence electrons. The SMILES string of the molecule is CC(C)CCNC(=O)c1cc2n(n1)CCCN(Cc1ccc(Cl)cc1)C2=O. The van der Waals surface area contributed by atoms with Gasteiger partial charge in [-0.05, 0) is 36.5 Å². The fraction of sp³-hybridized carbons (Fsp3) is 0.450. The molecule has 7 heteroatoms. The first-order chi connectivity index (χ1) is 12.9. The van der Waals surface area contributed by atoms with Crippen LogP contribution in [0.4, 0.5) is 0 Å². The number of carbonyl (C=O) groups is 2. The van der Waals surface area contributed by atoms with E-state index in [4.69, 9.17) is 11.6 Å². The second-order valence-corrected chi connectivity index (χ2v) is 7.72. The summed E-state index contributed by atoms with van der Waals surface area (Å²) in [5, 5.41) is 7.90. The highest BCUT2D eigenvalue weighted by atomic mass is 35.5. The molecule has 3 rings (SSSR count). The Balaban J connectivity index is 1.71. The second kappa shape index (κ2) is 8.57. The second-order valence-electron chi connectivity index (χ2n) is 7.28. The van der Waals surface area contributed by atoms with Crippen LogP contribution in [0, 0.1) is 5.92 Å². The lowest BCUT2D eigenvalue weighted by Crippen LogP contribution is -2.30. The number of aryl methyl sites for hydroxylation is 1. The summed E-state index contributed by atoms with van der Waals surface area (Å²) in [6, 6.07) is 9.09.